The van der Waals surface area contributed by atoms with Gasteiger partial charge in [-0.3, -0.25) is 9.48 Å². The van der Waals surface area contributed by atoms with Gasteiger partial charge in [-0.25, -0.2) is 0 Å². The molecule has 3 heterocycles. The van der Waals surface area contributed by atoms with Gasteiger partial charge in [0.05, 0.1) is 12.1 Å². The largest absolute Gasteiger partial charge is 0.349 e. The van der Waals surface area contributed by atoms with Crippen LogP contribution in [0.3, 0.4) is 0 Å². The maximum absolute atomic E-state index is 12.1. The molecule has 0 saturated carbocycles. The van der Waals surface area contributed by atoms with Crippen molar-refractivity contribution in [2.75, 3.05) is 13.1 Å². The highest BCUT2D eigenvalue weighted by Gasteiger charge is 2.24. The Morgan fingerprint density at radius 3 is 3.05 bits per heavy atom. The number of amides is 1. The summed E-state index contributed by atoms with van der Waals surface area (Å²) in [6, 6.07) is 6.73. The third-order valence-corrected chi connectivity index (χ3v) is 4.65. The van der Waals surface area contributed by atoms with Crippen LogP contribution in [-0.2, 0) is 6.54 Å². The Balaban J connectivity index is 1.75. The zero-order valence-electron chi connectivity index (χ0n) is 12.2. The van der Waals surface area contributed by atoms with E-state index < -0.39 is 0 Å². The Hall–Kier alpha value is -1.88. The summed E-state index contributed by atoms with van der Waals surface area (Å²) in [5.74, 6) is 0.741. The molecule has 0 spiro atoms. The molecule has 0 radical (unpaired) electrons. The molecule has 21 heavy (non-hydrogen) atoms. The topological polar surface area (TPSA) is 59.0 Å². The van der Waals surface area contributed by atoms with Crippen molar-refractivity contribution < 1.29 is 4.79 Å². The van der Waals surface area contributed by atoms with Crippen LogP contribution in [0, 0.1) is 5.92 Å². The molecule has 1 amide bonds. The van der Waals surface area contributed by atoms with Gasteiger partial charge in [0.15, 0.2) is 0 Å². The number of nitrogens with zero attached hydrogens (tertiary/aromatic N) is 2. The highest BCUT2D eigenvalue weighted by molar-refractivity contribution is 6.05. The van der Waals surface area contributed by atoms with Crippen LogP contribution in [-0.4, -0.2) is 28.8 Å². The first kappa shape index (κ1) is 12.8. The first-order valence-electron chi connectivity index (χ1n) is 7.74. The molecule has 2 aromatic rings. The Bertz CT molecular complexity index is 698. The lowest BCUT2D eigenvalue weighted by atomic mass is 9.91. The molecule has 1 fully saturated rings. The van der Waals surface area contributed by atoms with Gasteiger partial charge in [0, 0.05) is 18.0 Å². The van der Waals surface area contributed by atoms with Crippen LogP contribution in [0.4, 0.5) is 0 Å². The van der Waals surface area contributed by atoms with Crippen molar-refractivity contribution in [3.8, 4) is 0 Å². The molecule has 1 aromatic heterocycles. The van der Waals surface area contributed by atoms with Crippen molar-refractivity contribution in [3.05, 3.63) is 29.5 Å². The molecule has 2 unspecified atom stereocenters. The summed E-state index contributed by atoms with van der Waals surface area (Å²) < 4.78 is 1.84. The molecule has 4 rings (SSSR count). The highest BCUT2D eigenvalue weighted by atomic mass is 16.2. The zero-order chi connectivity index (χ0) is 14.4. The number of carbonyl (C=O) groups excluding carboxylic acids is 1. The van der Waals surface area contributed by atoms with E-state index in [2.05, 4.69) is 34.8 Å². The van der Waals surface area contributed by atoms with Crippen LogP contribution in [0.1, 0.15) is 41.9 Å². The molecule has 2 aliphatic heterocycles. The Kier molecular flexibility index (Phi) is 2.96. The number of hydrogen-bond acceptors (Lipinski definition) is 3. The van der Waals surface area contributed by atoms with Crippen molar-refractivity contribution in [1.82, 2.24) is 20.4 Å². The fraction of sp³-hybridized carbons (Fsp3) is 0.500. The van der Waals surface area contributed by atoms with Gasteiger partial charge in [-0.2, -0.15) is 5.10 Å². The lowest BCUT2D eigenvalue weighted by molar-refractivity contribution is 0.0926. The molecule has 110 valence electrons. The maximum atomic E-state index is 12.1. The summed E-state index contributed by atoms with van der Waals surface area (Å²) >= 11 is 0. The zero-order valence-corrected chi connectivity index (χ0v) is 12.2. The molecule has 2 aliphatic rings. The summed E-state index contributed by atoms with van der Waals surface area (Å²) in [6.45, 7) is 4.76. The van der Waals surface area contributed by atoms with Gasteiger partial charge in [-0.05, 0) is 43.0 Å². The second-order valence-corrected chi connectivity index (χ2v) is 6.25. The molecule has 5 nitrogen and oxygen atoms in total. The first-order chi connectivity index (χ1) is 10.2. The average Bonchev–Trinajstić information content (AvgIpc) is 2.87. The van der Waals surface area contributed by atoms with E-state index in [1.165, 1.54) is 12.0 Å². The summed E-state index contributed by atoms with van der Waals surface area (Å²) in [6.07, 6.45) is 2.41. The van der Waals surface area contributed by atoms with Crippen LogP contribution in [0.25, 0.3) is 10.9 Å². The Morgan fingerprint density at radius 2 is 2.24 bits per heavy atom. The van der Waals surface area contributed by atoms with Crippen LogP contribution in [0.5, 0.6) is 0 Å². The van der Waals surface area contributed by atoms with Crippen LogP contribution >= 0.6 is 0 Å². The second-order valence-electron chi connectivity index (χ2n) is 6.25. The predicted octanol–water partition coefficient (Wildman–Crippen LogP) is 1.84. The summed E-state index contributed by atoms with van der Waals surface area (Å²) in [5, 5.41) is 12.0. The minimum atomic E-state index is -0.00822. The van der Waals surface area contributed by atoms with Crippen LogP contribution < -0.4 is 10.6 Å². The second kappa shape index (κ2) is 4.84. The lowest BCUT2D eigenvalue weighted by Gasteiger charge is -2.28. The highest BCUT2D eigenvalue weighted by Crippen LogP contribution is 2.29. The summed E-state index contributed by atoms with van der Waals surface area (Å²) in [5.41, 5.74) is 2.89. The van der Waals surface area contributed by atoms with Gasteiger partial charge in [0.1, 0.15) is 5.69 Å². The fourth-order valence-corrected chi connectivity index (χ4v) is 3.41. The van der Waals surface area contributed by atoms with E-state index in [0.29, 0.717) is 18.3 Å². The molecular weight excluding hydrogens is 264 g/mol. The molecule has 0 bridgehead atoms. The molecule has 2 atom stereocenters. The van der Waals surface area contributed by atoms with Crippen molar-refractivity contribution >= 4 is 16.8 Å². The fourth-order valence-electron chi connectivity index (χ4n) is 3.41. The number of rotatable bonds is 1. The van der Waals surface area contributed by atoms with Gasteiger partial charge in [0.25, 0.3) is 5.91 Å². The maximum Gasteiger partial charge on any atom is 0.270 e. The monoisotopic (exact) mass is 284 g/mol. The van der Waals surface area contributed by atoms with Gasteiger partial charge in [0.2, 0.25) is 0 Å². The Morgan fingerprint density at radius 1 is 1.33 bits per heavy atom. The number of hydrogen-bond donors (Lipinski definition) is 2. The number of nitrogens with one attached hydrogen (secondary N) is 2. The van der Waals surface area contributed by atoms with Crippen LogP contribution in [0.15, 0.2) is 18.2 Å². The average molecular weight is 284 g/mol. The van der Waals surface area contributed by atoms with Crippen molar-refractivity contribution in [2.45, 2.75) is 32.4 Å². The third kappa shape index (κ3) is 2.12. The molecule has 2 N–H and O–H groups in total. The van der Waals surface area contributed by atoms with Gasteiger partial charge in [-0.1, -0.05) is 13.0 Å². The third-order valence-electron chi connectivity index (χ3n) is 4.65. The molecule has 5 heteroatoms. The van der Waals surface area contributed by atoms with Crippen molar-refractivity contribution in [1.29, 1.82) is 0 Å². The summed E-state index contributed by atoms with van der Waals surface area (Å²) in [7, 11) is 0. The summed E-state index contributed by atoms with van der Waals surface area (Å²) in [4.78, 5) is 12.1. The van der Waals surface area contributed by atoms with Crippen molar-refractivity contribution in [2.24, 2.45) is 5.92 Å². The molecule has 1 saturated heterocycles. The van der Waals surface area contributed by atoms with Gasteiger partial charge < -0.3 is 10.6 Å². The van der Waals surface area contributed by atoms with E-state index in [-0.39, 0.29) is 5.91 Å². The van der Waals surface area contributed by atoms with E-state index in [1.807, 2.05) is 10.7 Å². The smallest absolute Gasteiger partial charge is 0.270 e. The minimum absolute atomic E-state index is 0.00822. The molecule has 1 aromatic carbocycles. The van der Waals surface area contributed by atoms with E-state index >= 15 is 0 Å². The number of aromatic nitrogens is 2. The van der Waals surface area contributed by atoms with E-state index in [4.69, 9.17) is 0 Å². The van der Waals surface area contributed by atoms with Gasteiger partial charge >= 0.3 is 0 Å². The van der Waals surface area contributed by atoms with E-state index in [1.54, 1.807) is 0 Å². The van der Waals surface area contributed by atoms with Crippen molar-refractivity contribution in [3.63, 3.8) is 0 Å². The normalized spacial score (nSPS) is 25.7. The van der Waals surface area contributed by atoms with Gasteiger partial charge in [-0.15, -0.1) is 0 Å². The van der Waals surface area contributed by atoms with E-state index in [0.717, 1.165) is 36.3 Å². The minimum Gasteiger partial charge on any atom is -0.349 e. The standard InChI is InChI=1S/C16H20N4O/c1-10-2-4-13(18-9-10)11-3-5-14-12(8-11)15-16(21)17-6-7-20(15)19-14/h3,5,8,10,13,18H,2,4,6-7,9H2,1H3,(H,17,21). The lowest BCUT2D eigenvalue weighted by Crippen LogP contribution is -2.35. The number of piperidine rings is 1. The molecular formula is C16H20N4O. The quantitative estimate of drug-likeness (QED) is 0.840. The number of fused-ring (bicyclic) bond motifs is 3. The predicted molar refractivity (Wildman–Crippen MR) is 81.2 cm³/mol. The van der Waals surface area contributed by atoms with Crippen LogP contribution in [0.2, 0.25) is 0 Å². The number of carbonyl (C=O) groups is 1. The first-order valence-corrected chi connectivity index (χ1v) is 7.74. The molecule has 0 aliphatic carbocycles. The van der Waals surface area contributed by atoms with E-state index in [9.17, 15) is 4.79 Å². The Labute approximate surface area is 123 Å². The number of benzene rings is 1. The SMILES string of the molecule is CC1CCC(c2ccc3nn4c(c3c2)C(=O)NCC4)NC1.